The SMILES string of the molecule is CCC(=O)[C@H](C)NC(=O)[C@@H](CC(=O)CCC(=O)N(CCOCCOCCC(=O)OC(C)(C)C)C1CCN(C(=O)CCn2c(CN(C)N(C)C(=O)OCC3c4ccccc4-c4ccccc43)cc3ccccc32)CC1)C(C)C. The topological polar surface area (TPSA) is 186 Å². The summed E-state index contributed by atoms with van der Waals surface area (Å²) in [5.41, 5.74) is 5.94. The minimum atomic E-state index is -0.656. The van der Waals surface area contributed by atoms with Crippen molar-refractivity contribution < 1.29 is 52.5 Å². The lowest BCUT2D eigenvalue weighted by Crippen LogP contribution is -2.50. The molecule has 2 heterocycles. The van der Waals surface area contributed by atoms with Crippen LogP contribution in [0.3, 0.4) is 0 Å². The number of para-hydroxylation sites is 1. The van der Waals surface area contributed by atoms with Gasteiger partial charge in [-0.1, -0.05) is 87.5 Å². The van der Waals surface area contributed by atoms with Crippen LogP contribution in [0, 0.1) is 11.8 Å². The molecular weight excluding hydrogens is 981 g/mol. The normalized spacial score (nSPS) is 14.5. The molecule has 1 fully saturated rings. The molecule has 0 unspecified atom stereocenters. The second-order valence-electron chi connectivity index (χ2n) is 21.6. The molecule has 17 nitrogen and oxygen atoms in total. The fourth-order valence-corrected chi connectivity index (χ4v) is 10.2. The van der Waals surface area contributed by atoms with Gasteiger partial charge >= 0.3 is 12.1 Å². The van der Waals surface area contributed by atoms with E-state index in [2.05, 4.69) is 40.2 Å². The summed E-state index contributed by atoms with van der Waals surface area (Å²) >= 11 is 0. The molecule has 0 saturated carbocycles. The van der Waals surface area contributed by atoms with Gasteiger partial charge in [0.15, 0.2) is 5.78 Å². The Balaban J connectivity index is 1.03. The third-order valence-corrected chi connectivity index (χ3v) is 14.6. The van der Waals surface area contributed by atoms with Gasteiger partial charge in [0.2, 0.25) is 17.7 Å². The molecule has 4 amide bonds. The van der Waals surface area contributed by atoms with Crippen molar-refractivity contribution in [3.8, 4) is 11.1 Å². The number of ether oxygens (including phenoxy) is 4. The number of hydrogen-bond donors (Lipinski definition) is 1. The molecule has 1 aliphatic carbocycles. The van der Waals surface area contributed by atoms with Gasteiger partial charge in [0.25, 0.3) is 0 Å². The number of fused-ring (bicyclic) bond motifs is 4. The zero-order chi connectivity index (χ0) is 55.8. The van der Waals surface area contributed by atoms with Crippen LogP contribution >= 0.6 is 0 Å². The van der Waals surface area contributed by atoms with E-state index >= 15 is 0 Å². The van der Waals surface area contributed by atoms with Crippen molar-refractivity contribution in [2.75, 3.05) is 66.8 Å². The van der Waals surface area contributed by atoms with E-state index in [1.807, 2.05) is 100 Å². The molecule has 1 N–H and O–H groups in total. The Hall–Kier alpha value is -6.43. The number of nitrogens with one attached hydrogen (secondary N) is 1. The summed E-state index contributed by atoms with van der Waals surface area (Å²) in [5, 5.41) is 7.08. The van der Waals surface area contributed by atoms with Crippen LogP contribution in [0.1, 0.15) is 123 Å². The molecular formula is C60H82N6O11. The molecule has 418 valence electrons. The van der Waals surface area contributed by atoms with E-state index in [-0.39, 0.29) is 131 Å². The second-order valence-corrected chi connectivity index (χ2v) is 21.6. The van der Waals surface area contributed by atoms with E-state index in [0.717, 1.165) is 38.9 Å². The second kappa shape index (κ2) is 28.3. The van der Waals surface area contributed by atoms with Crippen LogP contribution in [0.5, 0.6) is 0 Å². The van der Waals surface area contributed by atoms with Gasteiger partial charge in [-0.15, -0.1) is 0 Å². The van der Waals surface area contributed by atoms with Gasteiger partial charge < -0.3 is 38.6 Å². The highest BCUT2D eigenvalue weighted by molar-refractivity contribution is 5.92. The summed E-state index contributed by atoms with van der Waals surface area (Å²) < 4.78 is 24.9. The van der Waals surface area contributed by atoms with E-state index in [9.17, 15) is 33.6 Å². The third kappa shape index (κ3) is 16.8. The van der Waals surface area contributed by atoms with Crippen molar-refractivity contribution in [3.63, 3.8) is 0 Å². The Kier molecular flexibility index (Phi) is 22.0. The van der Waals surface area contributed by atoms with Crippen LogP contribution in [-0.4, -0.2) is 150 Å². The number of likely N-dealkylation sites (tertiary alicyclic amines) is 1. The van der Waals surface area contributed by atoms with Crippen LogP contribution in [-0.2, 0) is 60.8 Å². The average molecular weight is 1060 g/mol. The smallest absolute Gasteiger partial charge is 0.424 e. The number of carbonyl (C=O) groups excluding carboxylic acids is 7. The fourth-order valence-electron chi connectivity index (χ4n) is 10.2. The zero-order valence-electron chi connectivity index (χ0n) is 46.8. The summed E-state index contributed by atoms with van der Waals surface area (Å²) in [4.78, 5) is 96.0. The van der Waals surface area contributed by atoms with Crippen LogP contribution < -0.4 is 5.32 Å². The van der Waals surface area contributed by atoms with Crippen molar-refractivity contribution in [2.45, 2.75) is 137 Å². The number of Topliss-reactive ketones (excluding diaryl/α,β-unsaturated/α-hetero) is 2. The van der Waals surface area contributed by atoms with Gasteiger partial charge in [0.05, 0.1) is 45.4 Å². The molecule has 1 aliphatic heterocycles. The number of nitrogens with zero attached hydrogens (tertiary/aromatic N) is 5. The van der Waals surface area contributed by atoms with E-state index in [4.69, 9.17) is 18.9 Å². The van der Waals surface area contributed by atoms with Gasteiger partial charge in [-0.2, -0.15) is 0 Å². The number of carbonyl (C=O) groups is 7. The third-order valence-electron chi connectivity index (χ3n) is 14.6. The molecule has 0 bridgehead atoms. The largest absolute Gasteiger partial charge is 0.460 e. The van der Waals surface area contributed by atoms with E-state index < -0.39 is 23.7 Å². The number of hydrazine groups is 1. The van der Waals surface area contributed by atoms with Gasteiger partial charge in [0, 0.05) is 101 Å². The fraction of sp³-hybridized carbons (Fsp3) is 0.550. The summed E-state index contributed by atoms with van der Waals surface area (Å²) in [6, 6.07) is 25.7. The lowest BCUT2D eigenvalue weighted by Gasteiger charge is -2.39. The first-order valence-corrected chi connectivity index (χ1v) is 27.4. The summed E-state index contributed by atoms with van der Waals surface area (Å²) in [6.07, 6.45) is 1.11. The number of esters is 1. The van der Waals surface area contributed by atoms with E-state index in [1.165, 1.54) is 5.01 Å². The highest BCUT2D eigenvalue weighted by Gasteiger charge is 2.33. The Morgan fingerprint density at radius 1 is 0.766 bits per heavy atom. The number of aromatic nitrogens is 1. The number of ketones is 2. The Morgan fingerprint density at radius 2 is 1.39 bits per heavy atom. The summed E-state index contributed by atoms with van der Waals surface area (Å²) in [7, 11) is 3.53. The van der Waals surface area contributed by atoms with E-state index in [0.29, 0.717) is 39.0 Å². The standard InChI is InChI=1S/C60H82N6O11/c1-10-54(68)42(4)61-58(72)51(41(2)3)38-46(67)23-24-56(70)66(32-34-75-36-35-74-33-28-57(71)77-60(5,6)7)44-25-29-64(30-26-44)55(69)27-31-65-45(37-43-17-11-16-22-53(43)65)39-62(8)63(9)59(73)76-40-52-49-20-14-12-18-47(49)48-19-13-15-21-50(48)52/h11-22,37,41-42,44,51-52H,10,23-36,38-40H2,1-9H3,(H,61,72)/t42-,51-/m0/s1. The van der Waals surface area contributed by atoms with Crippen molar-refractivity contribution in [1.29, 1.82) is 0 Å². The van der Waals surface area contributed by atoms with Gasteiger partial charge in [-0.05, 0) is 86.2 Å². The Labute approximate surface area is 454 Å². The number of piperidine rings is 1. The number of hydrogen-bond acceptors (Lipinski definition) is 12. The van der Waals surface area contributed by atoms with Crippen molar-refractivity contribution in [2.24, 2.45) is 11.8 Å². The predicted octanol–water partition coefficient (Wildman–Crippen LogP) is 8.34. The zero-order valence-corrected chi connectivity index (χ0v) is 46.8. The highest BCUT2D eigenvalue weighted by atomic mass is 16.6. The minimum Gasteiger partial charge on any atom is -0.460 e. The molecule has 0 spiro atoms. The monoisotopic (exact) mass is 1060 g/mol. The predicted molar refractivity (Wildman–Crippen MR) is 294 cm³/mol. The average Bonchev–Trinajstić information content (AvgIpc) is 3.96. The van der Waals surface area contributed by atoms with Crippen molar-refractivity contribution in [1.82, 2.24) is 29.7 Å². The van der Waals surface area contributed by atoms with Crippen molar-refractivity contribution in [3.05, 3.63) is 95.7 Å². The minimum absolute atomic E-state index is 0.00744. The molecule has 1 aromatic heterocycles. The molecule has 77 heavy (non-hydrogen) atoms. The lowest BCUT2D eigenvalue weighted by atomic mass is 9.88. The van der Waals surface area contributed by atoms with Crippen LogP contribution in [0.25, 0.3) is 22.0 Å². The van der Waals surface area contributed by atoms with Crippen LogP contribution in [0.15, 0.2) is 78.9 Å². The number of aryl methyl sites for hydroxylation is 1. The quantitative estimate of drug-likeness (QED) is 0.0326. The molecule has 17 heteroatoms. The summed E-state index contributed by atoms with van der Waals surface area (Å²) in [6.45, 7) is 15.5. The van der Waals surface area contributed by atoms with Gasteiger partial charge in [-0.25, -0.2) is 14.8 Å². The van der Waals surface area contributed by atoms with Gasteiger partial charge in [-0.3, -0.25) is 28.8 Å². The molecule has 2 atom stereocenters. The summed E-state index contributed by atoms with van der Waals surface area (Å²) in [5.74, 6) is -2.10. The number of rotatable bonds is 28. The Morgan fingerprint density at radius 3 is 2.03 bits per heavy atom. The maximum atomic E-state index is 14.1. The first-order chi connectivity index (χ1) is 36.8. The highest BCUT2D eigenvalue weighted by Crippen LogP contribution is 2.44. The first kappa shape index (κ1) is 59.8. The molecule has 6 rings (SSSR count). The molecule has 2 aliphatic rings. The molecule has 4 aromatic rings. The van der Waals surface area contributed by atoms with E-state index in [1.54, 1.807) is 25.8 Å². The van der Waals surface area contributed by atoms with Gasteiger partial charge in [0.1, 0.15) is 18.0 Å². The maximum absolute atomic E-state index is 14.1. The van der Waals surface area contributed by atoms with Crippen LogP contribution in [0.4, 0.5) is 4.79 Å². The number of benzene rings is 3. The lowest BCUT2D eigenvalue weighted by molar-refractivity contribution is -0.156. The molecule has 3 aromatic carbocycles. The number of amides is 4. The molecule has 1 saturated heterocycles. The first-order valence-electron chi connectivity index (χ1n) is 27.4. The Bertz CT molecular complexity index is 2620. The van der Waals surface area contributed by atoms with Crippen molar-refractivity contribution >= 4 is 52.3 Å². The maximum Gasteiger partial charge on any atom is 0.424 e. The van der Waals surface area contributed by atoms with Crippen LogP contribution in [0.2, 0.25) is 0 Å². The molecule has 0 radical (unpaired) electrons.